The van der Waals surface area contributed by atoms with Crippen molar-refractivity contribution in [3.8, 4) is 0 Å². The Morgan fingerprint density at radius 1 is 1.00 bits per heavy atom. The van der Waals surface area contributed by atoms with E-state index >= 15 is 0 Å². The smallest absolute Gasteiger partial charge is 0.0184 e. The van der Waals surface area contributed by atoms with Gasteiger partial charge in [0.05, 0.1) is 0 Å². The van der Waals surface area contributed by atoms with Crippen LogP contribution in [-0.4, -0.2) is 12.1 Å². The Bertz CT molecular complexity index is 73.0. The Kier molecular flexibility index (Phi) is 2.49. The number of hydrogen-bond donors (Lipinski definition) is 2. The van der Waals surface area contributed by atoms with Crippen LogP contribution in [0.15, 0.2) is 0 Å². The molecular weight excluding hydrogens is 112 g/mol. The van der Waals surface area contributed by atoms with Gasteiger partial charge in [0, 0.05) is 12.1 Å². The molecular formula is C7H16N2. The van der Waals surface area contributed by atoms with E-state index in [9.17, 15) is 0 Å². The second kappa shape index (κ2) is 3.18. The van der Waals surface area contributed by atoms with E-state index < -0.39 is 0 Å². The maximum atomic E-state index is 3.24. The zero-order valence-electron chi connectivity index (χ0n) is 6.28. The van der Waals surface area contributed by atoms with E-state index in [4.69, 9.17) is 0 Å². The molecule has 2 nitrogen and oxygen atoms in total. The minimum atomic E-state index is 0.648. The van der Waals surface area contributed by atoms with Crippen LogP contribution in [0, 0.1) is 0 Å². The summed E-state index contributed by atoms with van der Waals surface area (Å²) in [7, 11) is 0. The van der Waals surface area contributed by atoms with Gasteiger partial charge in [-0.15, -0.1) is 0 Å². The van der Waals surface area contributed by atoms with Crippen LogP contribution in [0.5, 0.6) is 0 Å². The van der Waals surface area contributed by atoms with Gasteiger partial charge in [-0.1, -0.05) is 6.42 Å². The molecule has 2 atom stereocenters. The molecule has 1 rings (SSSR count). The maximum Gasteiger partial charge on any atom is 0.0184 e. The van der Waals surface area contributed by atoms with Crippen LogP contribution in [0.4, 0.5) is 0 Å². The topological polar surface area (TPSA) is 24.1 Å². The highest BCUT2D eigenvalue weighted by Crippen LogP contribution is 2.06. The highest BCUT2D eigenvalue weighted by molar-refractivity contribution is 4.67. The summed E-state index contributed by atoms with van der Waals surface area (Å²) in [5.41, 5.74) is 6.49. The third-order valence-corrected chi connectivity index (χ3v) is 1.85. The fourth-order valence-corrected chi connectivity index (χ4v) is 1.16. The first-order valence-electron chi connectivity index (χ1n) is 3.80. The van der Waals surface area contributed by atoms with Gasteiger partial charge in [0.2, 0.25) is 0 Å². The molecule has 0 saturated carbocycles. The van der Waals surface area contributed by atoms with Gasteiger partial charge in [-0.2, -0.15) is 0 Å². The Balaban J connectivity index is 2.25. The molecule has 0 aromatic carbocycles. The first kappa shape index (κ1) is 7.03. The molecule has 2 N–H and O–H groups in total. The van der Waals surface area contributed by atoms with Crippen LogP contribution < -0.4 is 10.9 Å². The maximum absolute atomic E-state index is 3.24. The minimum absolute atomic E-state index is 0.648. The van der Waals surface area contributed by atoms with Gasteiger partial charge in [-0.3, -0.25) is 10.9 Å². The molecule has 0 aromatic rings. The van der Waals surface area contributed by atoms with Crippen LogP contribution in [0.3, 0.4) is 0 Å². The Labute approximate surface area is 57.0 Å². The van der Waals surface area contributed by atoms with Crippen LogP contribution in [0.2, 0.25) is 0 Å². The lowest BCUT2D eigenvalue weighted by Crippen LogP contribution is -2.41. The Hall–Kier alpha value is -0.0800. The van der Waals surface area contributed by atoms with Crippen molar-refractivity contribution in [3.63, 3.8) is 0 Å². The third-order valence-electron chi connectivity index (χ3n) is 1.85. The second-order valence-corrected chi connectivity index (χ2v) is 3.02. The average molecular weight is 128 g/mol. The van der Waals surface area contributed by atoms with E-state index in [-0.39, 0.29) is 0 Å². The minimum Gasteiger partial charge on any atom is -0.255 e. The van der Waals surface area contributed by atoms with Gasteiger partial charge < -0.3 is 0 Å². The van der Waals surface area contributed by atoms with Crippen molar-refractivity contribution in [2.75, 3.05) is 0 Å². The summed E-state index contributed by atoms with van der Waals surface area (Å²) in [4.78, 5) is 0. The molecule has 0 amide bonds. The molecule has 1 aliphatic heterocycles. The molecule has 1 fully saturated rings. The number of hydrogen-bond acceptors (Lipinski definition) is 2. The van der Waals surface area contributed by atoms with Crippen molar-refractivity contribution in [3.05, 3.63) is 0 Å². The van der Waals surface area contributed by atoms with Gasteiger partial charge in [-0.25, -0.2) is 0 Å². The summed E-state index contributed by atoms with van der Waals surface area (Å²) in [6, 6.07) is 1.30. The molecule has 2 unspecified atom stereocenters. The molecule has 1 saturated heterocycles. The molecule has 2 heteroatoms. The van der Waals surface area contributed by atoms with Crippen molar-refractivity contribution in [1.29, 1.82) is 0 Å². The summed E-state index contributed by atoms with van der Waals surface area (Å²) in [5, 5.41) is 0. The summed E-state index contributed by atoms with van der Waals surface area (Å²) < 4.78 is 0. The van der Waals surface area contributed by atoms with E-state index in [0.717, 1.165) is 0 Å². The lowest BCUT2D eigenvalue weighted by molar-refractivity contribution is 0.428. The van der Waals surface area contributed by atoms with Gasteiger partial charge >= 0.3 is 0 Å². The molecule has 0 aromatic heterocycles. The Morgan fingerprint density at radius 3 is 1.89 bits per heavy atom. The monoisotopic (exact) mass is 128 g/mol. The van der Waals surface area contributed by atoms with E-state index in [0.29, 0.717) is 12.1 Å². The van der Waals surface area contributed by atoms with Crippen molar-refractivity contribution in [2.24, 2.45) is 0 Å². The summed E-state index contributed by atoms with van der Waals surface area (Å²) in [6.07, 6.45) is 3.96. The lowest BCUT2D eigenvalue weighted by Gasteiger charge is -2.11. The predicted molar refractivity (Wildman–Crippen MR) is 39.0 cm³/mol. The van der Waals surface area contributed by atoms with Crippen molar-refractivity contribution >= 4 is 0 Å². The van der Waals surface area contributed by atoms with Crippen molar-refractivity contribution in [1.82, 2.24) is 10.9 Å². The zero-order valence-corrected chi connectivity index (χ0v) is 6.28. The molecule has 0 spiro atoms. The van der Waals surface area contributed by atoms with Gasteiger partial charge in [0.1, 0.15) is 0 Å². The molecule has 9 heavy (non-hydrogen) atoms. The summed E-state index contributed by atoms with van der Waals surface area (Å²) in [6.45, 7) is 4.43. The lowest BCUT2D eigenvalue weighted by atomic mass is 10.1. The fourth-order valence-electron chi connectivity index (χ4n) is 1.16. The molecule has 0 bridgehead atoms. The van der Waals surface area contributed by atoms with Crippen molar-refractivity contribution < 1.29 is 0 Å². The molecule has 1 heterocycles. The molecule has 0 aliphatic carbocycles. The third kappa shape index (κ3) is 2.33. The van der Waals surface area contributed by atoms with Crippen LogP contribution in [0.1, 0.15) is 33.1 Å². The quantitative estimate of drug-likeness (QED) is 0.509. The van der Waals surface area contributed by atoms with Crippen LogP contribution in [0.25, 0.3) is 0 Å². The van der Waals surface area contributed by atoms with E-state index in [1.165, 1.54) is 19.3 Å². The summed E-state index contributed by atoms with van der Waals surface area (Å²) in [5.74, 6) is 0. The first-order chi connectivity index (χ1) is 4.29. The average Bonchev–Trinajstić information content (AvgIpc) is 1.97. The highest BCUT2D eigenvalue weighted by atomic mass is 15.4. The van der Waals surface area contributed by atoms with Crippen molar-refractivity contribution in [2.45, 2.75) is 45.2 Å². The summed E-state index contributed by atoms with van der Waals surface area (Å²) >= 11 is 0. The van der Waals surface area contributed by atoms with Gasteiger partial charge in [-0.05, 0) is 26.7 Å². The number of rotatable bonds is 0. The Morgan fingerprint density at radius 2 is 1.44 bits per heavy atom. The first-order valence-corrected chi connectivity index (χ1v) is 3.80. The molecule has 54 valence electrons. The van der Waals surface area contributed by atoms with E-state index in [1.807, 2.05) is 0 Å². The molecule has 1 aliphatic rings. The predicted octanol–water partition coefficient (Wildman–Crippen LogP) is 1.04. The molecule has 0 radical (unpaired) electrons. The standard InChI is InChI=1S/C7H16N2/c1-6-4-3-5-7(2)9-8-6/h6-9H,3-5H2,1-2H3. The van der Waals surface area contributed by atoms with Gasteiger partial charge in [0.25, 0.3) is 0 Å². The zero-order chi connectivity index (χ0) is 6.69. The van der Waals surface area contributed by atoms with E-state index in [2.05, 4.69) is 24.7 Å². The number of nitrogens with one attached hydrogen (secondary N) is 2. The number of hydrazine groups is 1. The fraction of sp³-hybridized carbons (Fsp3) is 1.00. The largest absolute Gasteiger partial charge is 0.255 e. The second-order valence-electron chi connectivity index (χ2n) is 3.02. The highest BCUT2D eigenvalue weighted by Gasteiger charge is 2.09. The van der Waals surface area contributed by atoms with Gasteiger partial charge in [0.15, 0.2) is 0 Å². The van der Waals surface area contributed by atoms with Crippen LogP contribution >= 0.6 is 0 Å². The van der Waals surface area contributed by atoms with E-state index in [1.54, 1.807) is 0 Å². The SMILES string of the molecule is CC1CCCC(C)NN1. The van der Waals surface area contributed by atoms with Crippen LogP contribution in [-0.2, 0) is 0 Å². The normalized spacial score (nSPS) is 38.0.